The van der Waals surface area contributed by atoms with Gasteiger partial charge in [-0.1, -0.05) is 0 Å². The highest BCUT2D eigenvalue weighted by molar-refractivity contribution is 5.66. The zero-order valence-electron chi connectivity index (χ0n) is 8.64. The van der Waals surface area contributed by atoms with E-state index in [0.717, 1.165) is 19.3 Å². The highest BCUT2D eigenvalue weighted by Gasteiger charge is 2.45. The molecule has 0 aromatic heterocycles. The van der Waals surface area contributed by atoms with Gasteiger partial charge in [0.2, 0.25) is 0 Å². The standard InChI is InChI=1S/C10H17NO3/c1-6(12)14-8-3-7-4-10(13)9(5-8)11(7)2/h7-10,13H,3-5H2,1-2H3/t7-,8-,9-,10-/m0/s1. The molecule has 2 bridgehead atoms. The van der Waals surface area contributed by atoms with Gasteiger partial charge in [0.05, 0.1) is 6.10 Å². The van der Waals surface area contributed by atoms with Crippen molar-refractivity contribution in [3.63, 3.8) is 0 Å². The molecule has 2 aliphatic rings. The van der Waals surface area contributed by atoms with Gasteiger partial charge in [-0.2, -0.15) is 0 Å². The Labute approximate surface area is 83.8 Å². The number of nitrogens with zero attached hydrogens (tertiary/aromatic N) is 1. The normalized spacial score (nSPS) is 42.5. The topological polar surface area (TPSA) is 49.8 Å². The van der Waals surface area contributed by atoms with Crippen LogP contribution in [-0.2, 0) is 9.53 Å². The van der Waals surface area contributed by atoms with Crippen molar-refractivity contribution in [1.29, 1.82) is 0 Å². The molecule has 1 N–H and O–H groups in total. The molecule has 0 amide bonds. The molecule has 2 fully saturated rings. The number of hydrogen-bond acceptors (Lipinski definition) is 4. The fraction of sp³-hybridized carbons (Fsp3) is 0.900. The summed E-state index contributed by atoms with van der Waals surface area (Å²) in [5.74, 6) is -0.214. The Morgan fingerprint density at radius 1 is 1.43 bits per heavy atom. The van der Waals surface area contributed by atoms with Crippen molar-refractivity contribution in [2.45, 2.75) is 50.5 Å². The average molecular weight is 199 g/mol. The van der Waals surface area contributed by atoms with E-state index in [9.17, 15) is 9.90 Å². The monoisotopic (exact) mass is 199 g/mol. The lowest BCUT2D eigenvalue weighted by Gasteiger charge is -2.35. The molecule has 80 valence electrons. The van der Waals surface area contributed by atoms with Crippen LogP contribution in [0.5, 0.6) is 0 Å². The highest BCUT2D eigenvalue weighted by Crippen LogP contribution is 2.35. The van der Waals surface area contributed by atoms with Gasteiger partial charge in [-0.05, 0) is 13.5 Å². The van der Waals surface area contributed by atoms with Crippen LogP contribution >= 0.6 is 0 Å². The van der Waals surface area contributed by atoms with Crippen LogP contribution in [0, 0.1) is 0 Å². The number of ether oxygens (including phenoxy) is 1. The average Bonchev–Trinajstić information content (AvgIpc) is 2.29. The third kappa shape index (κ3) is 1.64. The summed E-state index contributed by atoms with van der Waals surface area (Å²) in [6.45, 7) is 1.44. The van der Waals surface area contributed by atoms with E-state index in [0.29, 0.717) is 6.04 Å². The van der Waals surface area contributed by atoms with Crippen LogP contribution in [0.4, 0.5) is 0 Å². The van der Waals surface area contributed by atoms with Crippen molar-refractivity contribution in [1.82, 2.24) is 4.90 Å². The zero-order chi connectivity index (χ0) is 10.3. The van der Waals surface area contributed by atoms with E-state index in [2.05, 4.69) is 4.90 Å². The second-order valence-corrected chi connectivity index (χ2v) is 4.39. The van der Waals surface area contributed by atoms with Crippen molar-refractivity contribution in [3.05, 3.63) is 0 Å². The number of esters is 1. The molecule has 2 aliphatic heterocycles. The smallest absolute Gasteiger partial charge is 0.302 e. The number of likely N-dealkylation sites (N-methyl/N-ethyl adjacent to an activating group) is 1. The van der Waals surface area contributed by atoms with Gasteiger partial charge < -0.3 is 9.84 Å². The Morgan fingerprint density at radius 3 is 2.71 bits per heavy atom. The number of carbonyl (C=O) groups excluding carboxylic acids is 1. The molecule has 0 radical (unpaired) electrons. The minimum atomic E-state index is -0.245. The van der Waals surface area contributed by atoms with Crippen molar-refractivity contribution >= 4 is 5.97 Å². The molecular formula is C10H17NO3. The quantitative estimate of drug-likeness (QED) is 0.610. The third-order valence-corrected chi connectivity index (χ3v) is 3.43. The lowest BCUT2D eigenvalue weighted by Crippen LogP contribution is -2.45. The first-order chi connectivity index (χ1) is 6.58. The van der Waals surface area contributed by atoms with Crippen LogP contribution in [0.1, 0.15) is 26.2 Å². The van der Waals surface area contributed by atoms with Gasteiger partial charge in [-0.15, -0.1) is 0 Å². The minimum Gasteiger partial charge on any atom is -0.462 e. The number of aliphatic hydroxyl groups excluding tert-OH is 1. The summed E-state index contributed by atoms with van der Waals surface area (Å²) >= 11 is 0. The molecule has 0 aliphatic carbocycles. The fourth-order valence-corrected chi connectivity index (χ4v) is 2.73. The second-order valence-electron chi connectivity index (χ2n) is 4.39. The van der Waals surface area contributed by atoms with Crippen molar-refractivity contribution < 1.29 is 14.6 Å². The summed E-state index contributed by atoms with van der Waals surface area (Å²) in [7, 11) is 2.04. The molecule has 0 unspecified atom stereocenters. The molecule has 14 heavy (non-hydrogen) atoms. The fourth-order valence-electron chi connectivity index (χ4n) is 2.73. The largest absolute Gasteiger partial charge is 0.462 e. The van der Waals surface area contributed by atoms with Crippen molar-refractivity contribution in [3.8, 4) is 0 Å². The van der Waals surface area contributed by atoms with Crippen LogP contribution in [0.3, 0.4) is 0 Å². The molecular weight excluding hydrogens is 182 g/mol. The zero-order valence-corrected chi connectivity index (χ0v) is 8.64. The number of carbonyl (C=O) groups is 1. The van der Waals surface area contributed by atoms with Crippen molar-refractivity contribution in [2.75, 3.05) is 7.05 Å². The van der Waals surface area contributed by atoms with E-state index < -0.39 is 0 Å². The Balaban J connectivity index is 2.00. The molecule has 4 nitrogen and oxygen atoms in total. The Morgan fingerprint density at radius 2 is 2.14 bits per heavy atom. The first-order valence-corrected chi connectivity index (χ1v) is 5.15. The molecule has 2 rings (SSSR count). The van der Waals surface area contributed by atoms with Crippen LogP contribution in [-0.4, -0.2) is 47.3 Å². The summed E-state index contributed by atoms with van der Waals surface area (Å²) in [5.41, 5.74) is 0. The second kappa shape index (κ2) is 3.51. The maximum Gasteiger partial charge on any atom is 0.302 e. The summed E-state index contributed by atoms with van der Waals surface area (Å²) in [5, 5.41) is 9.74. The third-order valence-electron chi connectivity index (χ3n) is 3.43. The predicted octanol–water partition coefficient (Wildman–Crippen LogP) is 0.145. The Bertz CT molecular complexity index is 244. The van der Waals surface area contributed by atoms with Crippen LogP contribution in [0.15, 0.2) is 0 Å². The van der Waals surface area contributed by atoms with Crippen LogP contribution < -0.4 is 0 Å². The first kappa shape index (κ1) is 9.93. The molecule has 2 saturated heterocycles. The van der Waals surface area contributed by atoms with Gasteiger partial charge in [-0.3, -0.25) is 9.69 Å². The van der Waals surface area contributed by atoms with Crippen molar-refractivity contribution in [2.24, 2.45) is 0 Å². The Hall–Kier alpha value is -0.610. The van der Waals surface area contributed by atoms with E-state index >= 15 is 0 Å². The van der Waals surface area contributed by atoms with E-state index in [-0.39, 0.29) is 24.2 Å². The maximum absolute atomic E-state index is 10.8. The number of rotatable bonds is 1. The lowest BCUT2D eigenvalue weighted by atomic mass is 10.0. The van der Waals surface area contributed by atoms with E-state index in [1.54, 1.807) is 0 Å². The number of fused-ring (bicyclic) bond motifs is 2. The van der Waals surface area contributed by atoms with Gasteiger partial charge in [0.15, 0.2) is 0 Å². The molecule has 4 heteroatoms. The molecule has 0 saturated carbocycles. The summed E-state index contributed by atoms with van der Waals surface area (Å²) in [6.07, 6.45) is 2.22. The molecule has 4 atom stereocenters. The van der Waals surface area contributed by atoms with Gasteiger partial charge in [-0.25, -0.2) is 0 Å². The van der Waals surface area contributed by atoms with E-state index in [1.807, 2.05) is 7.05 Å². The summed E-state index contributed by atoms with van der Waals surface area (Å²) in [6, 6.07) is 0.561. The number of aliphatic hydroxyl groups is 1. The van der Waals surface area contributed by atoms with Gasteiger partial charge in [0.25, 0.3) is 0 Å². The molecule has 0 aromatic carbocycles. The number of piperidine rings is 1. The van der Waals surface area contributed by atoms with Gasteiger partial charge >= 0.3 is 5.97 Å². The SMILES string of the molecule is CC(=O)O[C@H]1C[C@H]2C[C@H](O)[C@H](C1)N2C. The van der Waals surface area contributed by atoms with Crippen LogP contribution in [0.2, 0.25) is 0 Å². The lowest BCUT2D eigenvalue weighted by molar-refractivity contribution is -0.149. The maximum atomic E-state index is 10.8. The molecule has 2 heterocycles. The van der Waals surface area contributed by atoms with E-state index in [4.69, 9.17) is 4.74 Å². The minimum absolute atomic E-state index is 0.0100. The predicted molar refractivity (Wildman–Crippen MR) is 50.8 cm³/mol. The molecule has 0 aromatic rings. The van der Waals surface area contributed by atoms with Crippen LogP contribution in [0.25, 0.3) is 0 Å². The van der Waals surface area contributed by atoms with Gasteiger partial charge in [0, 0.05) is 31.8 Å². The summed E-state index contributed by atoms with van der Waals surface area (Å²) in [4.78, 5) is 13.0. The highest BCUT2D eigenvalue weighted by atomic mass is 16.5. The number of hydrogen-bond donors (Lipinski definition) is 1. The first-order valence-electron chi connectivity index (χ1n) is 5.15. The van der Waals surface area contributed by atoms with E-state index in [1.165, 1.54) is 6.92 Å². The van der Waals surface area contributed by atoms with Gasteiger partial charge in [0.1, 0.15) is 6.10 Å². The molecule has 0 spiro atoms. The summed E-state index contributed by atoms with van der Waals surface area (Å²) < 4.78 is 5.19. The Kier molecular flexibility index (Phi) is 2.49.